The lowest BCUT2D eigenvalue weighted by Crippen LogP contribution is -2.42. The Morgan fingerprint density at radius 3 is 2.65 bits per heavy atom. The molecule has 112 valence electrons. The second kappa shape index (κ2) is 7.23. The summed E-state index contributed by atoms with van der Waals surface area (Å²) in [5, 5.41) is 0. The fraction of sp³-hybridized carbons (Fsp3) is 0.625. The molecule has 1 atom stereocenters. The Bertz CT molecular complexity index is 498. The molecule has 0 saturated carbocycles. The molecular formula is C16H25NO2S. The summed E-state index contributed by atoms with van der Waals surface area (Å²) in [6.07, 6.45) is 7.22. The van der Waals surface area contributed by atoms with Gasteiger partial charge in [0, 0.05) is 18.8 Å². The van der Waals surface area contributed by atoms with Gasteiger partial charge in [0.15, 0.2) is 0 Å². The van der Waals surface area contributed by atoms with Crippen molar-refractivity contribution in [1.29, 1.82) is 0 Å². The van der Waals surface area contributed by atoms with Crippen molar-refractivity contribution in [2.24, 2.45) is 0 Å². The van der Waals surface area contributed by atoms with Crippen LogP contribution in [0.4, 0.5) is 0 Å². The van der Waals surface area contributed by atoms with Crippen molar-refractivity contribution in [3.8, 4) is 0 Å². The van der Waals surface area contributed by atoms with E-state index in [2.05, 4.69) is 29.2 Å². The van der Waals surface area contributed by atoms with Crippen LogP contribution in [0.5, 0.6) is 0 Å². The predicted octanol–water partition coefficient (Wildman–Crippen LogP) is 2.52. The molecule has 20 heavy (non-hydrogen) atoms. The van der Waals surface area contributed by atoms with Crippen LogP contribution in [-0.4, -0.2) is 44.5 Å². The molecule has 0 aromatic heterocycles. The maximum Gasteiger partial charge on any atom is 0.148 e. The van der Waals surface area contributed by atoms with Crippen molar-refractivity contribution in [1.82, 2.24) is 4.90 Å². The van der Waals surface area contributed by atoms with Crippen molar-refractivity contribution in [2.75, 3.05) is 25.1 Å². The van der Waals surface area contributed by atoms with Crippen LogP contribution in [0, 0.1) is 0 Å². The van der Waals surface area contributed by atoms with Gasteiger partial charge in [0.05, 0.1) is 5.75 Å². The number of rotatable bonds is 6. The number of sulfone groups is 1. The molecule has 1 aromatic carbocycles. The van der Waals surface area contributed by atoms with Gasteiger partial charge in [0.1, 0.15) is 9.84 Å². The number of aryl methyl sites for hydroxylation is 1. The Kier molecular flexibility index (Phi) is 5.61. The average molecular weight is 295 g/mol. The van der Waals surface area contributed by atoms with E-state index in [0.29, 0.717) is 12.6 Å². The smallest absolute Gasteiger partial charge is 0.148 e. The van der Waals surface area contributed by atoms with Gasteiger partial charge in [0.25, 0.3) is 0 Å². The lowest BCUT2D eigenvalue weighted by atomic mass is 9.96. The van der Waals surface area contributed by atoms with E-state index >= 15 is 0 Å². The molecule has 0 amide bonds. The summed E-state index contributed by atoms with van der Waals surface area (Å²) < 4.78 is 22.7. The molecule has 1 aromatic rings. The van der Waals surface area contributed by atoms with E-state index in [1.54, 1.807) is 0 Å². The first-order chi connectivity index (χ1) is 9.54. The van der Waals surface area contributed by atoms with Crippen LogP contribution in [-0.2, 0) is 16.3 Å². The van der Waals surface area contributed by atoms with Crippen molar-refractivity contribution in [2.45, 2.75) is 38.1 Å². The zero-order chi connectivity index (χ0) is 14.4. The van der Waals surface area contributed by atoms with Crippen LogP contribution < -0.4 is 0 Å². The molecule has 1 fully saturated rings. The van der Waals surface area contributed by atoms with Crippen molar-refractivity contribution >= 4 is 9.84 Å². The molecule has 0 N–H and O–H groups in total. The lowest BCUT2D eigenvalue weighted by molar-refractivity contribution is 0.149. The molecule has 0 aliphatic carbocycles. The van der Waals surface area contributed by atoms with E-state index in [9.17, 15) is 8.42 Å². The maximum absolute atomic E-state index is 11.3. The van der Waals surface area contributed by atoms with Gasteiger partial charge < -0.3 is 0 Å². The van der Waals surface area contributed by atoms with Gasteiger partial charge in [-0.25, -0.2) is 8.42 Å². The van der Waals surface area contributed by atoms with Crippen LogP contribution in [0.1, 0.15) is 31.2 Å². The highest BCUT2D eigenvalue weighted by Crippen LogP contribution is 2.21. The third-order valence-electron chi connectivity index (χ3n) is 4.11. The molecule has 1 aliphatic heterocycles. The van der Waals surface area contributed by atoms with Crippen LogP contribution in [0.25, 0.3) is 0 Å². The quantitative estimate of drug-likeness (QED) is 0.809. The number of hydrogen-bond donors (Lipinski definition) is 0. The molecule has 1 heterocycles. The summed E-state index contributed by atoms with van der Waals surface area (Å²) in [6, 6.07) is 11.1. The number of likely N-dealkylation sites (tertiary alicyclic amines) is 1. The van der Waals surface area contributed by atoms with E-state index in [1.807, 2.05) is 6.07 Å². The summed E-state index contributed by atoms with van der Waals surface area (Å²) in [5.74, 6) is 0.287. The highest BCUT2D eigenvalue weighted by atomic mass is 32.2. The highest BCUT2D eigenvalue weighted by Gasteiger charge is 2.22. The fourth-order valence-electron chi connectivity index (χ4n) is 2.94. The summed E-state index contributed by atoms with van der Waals surface area (Å²) in [4.78, 5) is 2.38. The largest absolute Gasteiger partial charge is 0.299 e. The zero-order valence-corrected chi connectivity index (χ0v) is 13.1. The number of piperidine rings is 1. The first kappa shape index (κ1) is 15.5. The molecule has 2 rings (SSSR count). The van der Waals surface area contributed by atoms with E-state index in [4.69, 9.17) is 0 Å². The number of hydrogen-bond acceptors (Lipinski definition) is 3. The molecule has 1 saturated heterocycles. The SMILES string of the molecule is CS(=O)(=O)CCN1CCCCC1CCc1ccccc1. The van der Waals surface area contributed by atoms with E-state index in [0.717, 1.165) is 19.4 Å². The Labute approximate surface area is 122 Å². The fourth-order valence-corrected chi connectivity index (χ4v) is 3.51. The number of benzene rings is 1. The van der Waals surface area contributed by atoms with Crippen molar-refractivity contribution < 1.29 is 8.42 Å². The lowest BCUT2D eigenvalue weighted by Gasteiger charge is -2.35. The van der Waals surface area contributed by atoms with Gasteiger partial charge in [-0.05, 0) is 37.8 Å². The van der Waals surface area contributed by atoms with Gasteiger partial charge in [-0.1, -0.05) is 36.8 Å². The minimum Gasteiger partial charge on any atom is -0.299 e. The topological polar surface area (TPSA) is 37.4 Å². The average Bonchev–Trinajstić information content (AvgIpc) is 2.44. The van der Waals surface area contributed by atoms with Gasteiger partial charge in [-0.2, -0.15) is 0 Å². The molecule has 0 radical (unpaired) electrons. The second-order valence-electron chi connectivity index (χ2n) is 5.84. The van der Waals surface area contributed by atoms with Gasteiger partial charge >= 0.3 is 0 Å². The molecule has 0 bridgehead atoms. The summed E-state index contributed by atoms with van der Waals surface area (Å²) in [6.45, 7) is 1.74. The molecular weight excluding hydrogens is 270 g/mol. The van der Waals surface area contributed by atoms with Gasteiger partial charge in [-0.3, -0.25) is 4.90 Å². The Hall–Kier alpha value is -0.870. The third-order valence-corrected chi connectivity index (χ3v) is 5.03. The first-order valence-electron chi connectivity index (χ1n) is 7.50. The summed E-state index contributed by atoms with van der Waals surface area (Å²) in [5.41, 5.74) is 1.38. The first-order valence-corrected chi connectivity index (χ1v) is 9.56. The van der Waals surface area contributed by atoms with Crippen molar-refractivity contribution in [3.63, 3.8) is 0 Å². The number of nitrogens with zero attached hydrogens (tertiary/aromatic N) is 1. The zero-order valence-electron chi connectivity index (χ0n) is 12.3. The standard InChI is InChI=1S/C16H25NO2S/c1-20(18,19)14-13-17-12-6-5-9-16(17)11-10-15-7-3-2-4-8-15/h2-4,7-8,16H,5-6,9-14H2,1H3. The third kappa shape index (κ3) is 5.25. The highest BCUT2D eigenvalue weighted by molar-refractivity contribution is 7.90. The van der Waals surface area contributed by atoms with Gasteiger partial charge in [0.2, 0.25) is 0 Å². The monoisotopic (exact) mass is 295 g/mol. The van der Waals surface area contributed by atoms with E-state index < -0.39 is 9.84 Å². The minimum atomic E-state index is -2.86. The second-order valence-corrected chi connectivity index (χ2v) is 8.10. The molecule has 0 spiro atoms. The van der Waals surface area contributed by atoms with Gasteiger partial charge in [-0.15, -0.1) is 0 Å². The van der Waals surface area contributed by atoms with E-state index in [-0.39, 0.29) is 5.75 Å². The van der Waals surface area contributed by atoms with Crippen LogP contribution in [0.15, 0.2) is 30.3 Å². The molecule has 1 unspecified atom stereocenters. The normalized spacial score (nSPS) is 20.9. The summed E-state index contributed by atoms with van der Waals surface area (Å²) >= 11 is 0. The molecule has 1 aliphatic rings. The molecule has 4 heteroatoms. The van der Waals surface area contributed by atoms with Crippen LogP contribution >= 0.6 is 0 Å². The minimum absolute atomic E-state index is 0.287. The predicted molar refractivity (Wildman–Crippen MR) is 83.7 cm³/mol. The summed E-state index contributed by atoms with van der Waals surface area (Å²) in [7, 11) is -2.86. The van der Waals surface area contributed by atoms with Crippen LogP contribution in [0.2, 0.25) is 0 Å². The Balaban J connectivity index is 1.86. The van der Waals surface area contributed by atoms with Crippen LogP contribution in [0.3, 0.4) is 0 Å². The van der Waals surface area contributed by atoms with Crippen molar-refractivity contribution in [3.05, 3.63) is 35.9 Å². The molecule has 3 nitrogen and oxygen atoms in total. The Morgan fingerprint density at radius 2 is 1.95 bits per heavy atom. The van der Waals surface area contributed by atoms with E-state index in [1.165, 1.54) is 31.1 Å². The Morgan fingerprint density at radius 1 is 1.20 bits per heavy atom. The maximum atomic E-state index is 11.3.